The van der Waals surface area contributed by atoms with Crippen LogP contribution < -0.4 is 4.74 Å². The molecule has 2 aromatic carbocycles. The second-order valence-corrected chi connectivity index (χ2v) is 6.39. The van der Waals surface area contributed by atoms with Crippen LogP contribution in [0, 0.1) is 19.9 Å². The number of aliphatic hydroxyl groups is 1. The van der Waals surface area contributed by atoms with Crippen LogP contribution in [-0.2, 0) is 24.9 Å². The molecule has 0 aliphatic rings. The van der Waals surface area contributed by atoms with Crippen molar-refractivity contribution < 1.29 is 34.7 Å². The number of allylic oxidation sites excluding steroid dienone is 2. The number of rotatable bonds is 3. The molecule has 0 unspecified atom stereocenters. The summed E-state index contributed by atoms with van der Waals surface area (Å²) < 4.78 is 5.27. The SMILES string of the molecule is CC(=O)/C=C(/C)O.COc1ccc2cc(C)c(-c3[c-]ccc(C)c3)nc2c1.[Ir]. The van der Waals surface area contributed by atoms with Gasteiger partial charge in [-0.1, -0.05) is 18.6 Å². The number of methoxy groups -OCH3 is 1. The first kappa shape index (κ1) is 23.5. The number of ketones is 1. The molecule has 0 spiro atoms. The molecular weight excluding hydrogens is 530 g/mol. The molecule has 0 saturated carbocycles. The molecule has 0 aliphatic heterocycles. The van der Waals surface area contributed by atoms with Crippen LogP contribution >= 0.6 is 0 Å². The summed E-state index contributed by atoms with van der Waals surface area (Å²) in [6, 6.07) is 17.5. The van der Waals surface area contributed by atoms with Crippen LogP contribution in [0.15, 0.2) is 54.3 Å². The van der Waals surface area contributed by atoms with Crippen molar-refractivity contribution in [3.8, 4) is 17.0 Å². The third kappa shape index (κ3) is 6.59. The summed E-state index contributed by atoms with van der Waals surface area (Å²) in [6.45, 7) is 7.01. The molecule has 1 radical (unpaired) electrons. The van der Waals surface area contributed by atoms with Crippen molar-refractivity contribution in [3.05, 3.63) is 71.5 Å². The molecule has 28 heavy (non-hydrogen) atoms. The first-order valence-electron chi connectivity index (χ1n) is 8.62. The first-order valence-corrected chi connectivity index (χ1v) is 8.62. The van der Waals surface area contributed by atoms with E-state index in [4.69, 9.17) is 14.8 Å². The number of hydrogen-bond donors (Lipinski definition) is 1. The van der Waals surface area contributed by atoms with Gasteiger partial charge in [-0.05, 0) is 44.0 Å². The zero-order chi connectivity index (χ0) is 20.0. The fourth-order valence-electron chi connectivity index (χ4n) is 2.66. The largest absolute Gasteiger partial charge is 0.512 e. The Hall–Kier alpha value is -2.49. The van der Waals surface area contributed by atoms with Gasteiger partial charge in [0.25, 0.3) is 0 Å². The number of aromatic nitrogens is 1. The van der Waals surface area contributed by atoms with Crippen LogP contribution in [0.5, 0.6) is 5.75 Å². The second-order valence-electron chi connectivity index (χ2n) is 6.39. The van der Waals surface area contributed by atoms with Crippen LogP contribution in [0.25, 0.3) is 22.2 Å². The molecule has 0 bridgehead atoms. The Balaban J connectivity index is 0.000000425. The number of aliphatic hydroxyl groups excluding tert-OH is 1. The maximum absolute atomic E-state index is 10.0. The number of ether oxygens (including phenoxy) is 1. The maximum Gasteiger partial charge on any atom is 0.155 e. The van der Waals surface area contributed by atoms with Gasteiger partial charge in [0.15, 0.2) is 5.78 Å². The summed E-state index contributed by atoms with van der Waals surface area (Å²) in [5.74, 6) is 0.764. The molecule has 149 valence electrons. The van der Waals surface area contributed by atoms with E-state index in [-0.39, 0.29) is 31.6 Å². The molecule has 0 fully saturated rings. The normalized spacial score (nSPS) is 10.5. The summed E-state index contributed by atoms with van der Waals surface area (Å²) in [7, 11) is 1.67. The predicted molar refractivity (Wildman–Crippen MR) is 109 cm³/mol. The molecule has 3 aromatic rings. The fraction of sp³-hybridized carbons (Fsp3) is 0.217. The van der Waals surface area contributed by atoms with Crippen LogP contribution in [-0.4, -0.2) is 23.0 Å². The number of aryl methyl sites for hydroxylation is 2. The van der Waals surface area contributed by atoms with Crippen LogP contribution in [0.1, 0.15) is 25.0 Å². The van der Waals surface area contributed by atoms with Gasteiger partial charge in [0.05, 0.1) is 18.4 Å². The number of fused-ring (bicyclic) bond motifs is 1. The molecule has 1 heterocycles. The Morgan fingerprint density at radius 3 is 2.39 bits per heavy atom. The first-order chi connectivity index (χ1) is 12.8. The molecule has 0 saturated heterocycles. The van der Waals surface area contributed by atoms with E-state index >= 15 is 0 Å². The average molecular weight is 555 g/mol. The molecule has 0 aliphatic carbocycles. The number of hydrogen-bond acceptors (Lipinski definition) is 4. The molecule has 1 aromatic heterocycles. The molecule has 0 amide bonds. The molecular formula is C23H24IrNO3-. The smallest absolute Gasteiger partial charge is 0.155 e. The summed E-state index contributed by atoms with van der Waals surface area (Å²) >= 11 is 0. The third-order valence-corrected chi connectivity index (χ3v) is 3.84. The van der Waals surface area contributed by atoms with Gasteiger partial charge in [0.2, 0.25) is 0 Å². The average Bonchev–Trinajstić information content (AvgIpc) is 2.60. The standard InChI is InChI=1S/C18H16NO.C5H8O2.Ir/c1-12-5-4-6-15(9-12)18-13(2)10-14-7-8-16(20-3)11-17(14)19-18;1-4(6)3-5(2)7;/h4-5,7-11H,1-3H3;3,6H,1-2H3;/q-1;;/b;4-3-;. The van der Waals surface area contributed by atoms with E-state index in [2.05, 4.69) is 32.0 Å². The van der Waals surface area contributed by atoms with Gasteiger partial charge < -0.3 is 9.84 Å². The molecule has 5 heteroatoms. The molecule has 4 nitrogen and oxygen atoms in total. The van der Waals surface area contributed by atoms with Crippen molar-refractivity contribution in [2.45, 2.75) is 27.7 Å². The van der Waals surface area contributed by atoms with Gasteiger partial charge in [0, 0.05) is 32.2 Å². The van der Waals surface area contributed by atoms with Crippen molar-refractivity contribution in [1.82, 2.24) is 4.98 Å². The minimum absolute atomic E-state index is 0. The van der Waals surface area contributed by atoms with Crippen LogP contribution in [0.4, 0.5) is 0 Å². The third-order valence-electron chi connectivity index (χ3n) is 3.84. The Kier molecular flexibility index (Phi) is 9.04. The summed E-state index contributed by atoms with van der Waals surface area (Å²) in [4.78, 5) is 14.8. The van der Waals surface area contributed by atoms with Crippen LogP contribution in [0.2, 0.25) is 0 Å². The minimum atomic E-state index is -0.125. The van der Waals surface area contributed by atoms with E-state index in [0.29, 0.717) is 0 Å². The fourth-order valence-corrected chi connectivity index (χ4v) is 2.66. The van der Waals surface area contributed by atoms with Crippen LogP contribution in [0.3, 0.4) is 0 Å². The quantitative estimate of drug-likeness (QED) is 0.269. The molecule has 1 N–H and O–H groups in total. The van der Waals surface area contributed by atoms with Gasteiger partial charge in [-0.15, -0.1) is 35.4 Å². The number of carbonyl (C=O) groups excluding carboxylic acids is 1. The number of benzene rings is 2. The second kappa shape index (κ2) is 10.7. The Bertz CT molecular complexity index is 992. The van der Waals surface area contributed by atoms with Crippen molar-refractivity contribution in [1.29, 1.82) is 0 Å². The van der Waals surface area contributed by atoms with E-state index in [1.54, 1.807) is 7.11 Å². The van der Waals surface area contributed by atoms with E-state index in [0.717, 1.165) is 33.5 Å². The van der Waals surface area contributed by atoms with E-state index < -0.39 is 0 Å². The van der Waals surface area contributed by atoms with Crippen molar-refractivity contribution >= 4 is 16.7 Å². The predicted octanol–water partition coefficient (Wildman–Crippen LogP) is 5.36. The topological polar surface area (TPSA) is 59.4 Å². The summed E-state index contributed by atoms with van der Waals surface area (Å²) in [5.41, 5.74) is 5.33. The molecule has 3 rings (SSSR count). The maximum atomic E-state index is 10.0. The van der Waals surface area contributed by atoms with Crippen molar-refractivity contribution in [2.24, 2.45) is 0 Å². The van der Waals surface area contributed by atoms with E-state index in [1.165, 1.54) is 25.5 Å². The minimum Gasteiger partial charge on any atom is -0.512 e. The number of pyridine rings is 1. The van der Waals surface area contributed by atoms with Gasteiger partial charge in [-0.2, -0.15) is 0 Å². The Morgan fingerprint density at radius 1 is 1.14 bits per heavy atom. The number of carbonyl (C=O) groups is 1. The Morgan fingerprint density at radius 2 is 1.86 bits per heavy atom. The van der Waals surface area contributed by atoms with Crippen molar-refractivity contribution in [3.63, 3.8) is 0 Å². The zero-order valence-electron chi connectivity index (χ0n) is 16.7. The monoisotopic (exact) mass is 555 g/mol. The number of nitrogens with zero attached hydrogens (tertiary/aromatic N) is 1. The summed E-state index contributed by atoms with van der Waals surface area (Å²) in [6.07, 6.45) is 1.17. The van der Waals surface area contributed by atoms with Gasteiger partial charge in [-0.3, -0.25) is 9.78 Å². The van der Waals surface area contributed by atoms with E-state index in [9.17, 15) is 4.79 Å². The van der Waals surface area contributed by atoms with Gasteiger partial charge >= 0.3 is 0 Å². The van der Waals surface area contributed by atoms with Gasteiger partial charge in [-0.25, -0.2) is 0 Å². The molecule has 0 atom stereocenters. The zero-order valence-corrected chi connectivity index (χ0v) is 19.1. The summed E-state index contributed by atoms with van der Waals surface area (Å²) in [5, 5.41) is 9.49. The van der Waals surface area contributed by atoms with E-state index in [1.807, 2.05) is 30.3 Å². The van der Waals surface area contributed by atoms with Crippen molar-refractivity contribution in [2.75, 3.05) is 7.11 Å². The van der Waals surface area contributed by atoms with Gasteiger partial charge in [0.1, 0.15) is 5.75 Å². The Labute approximate surface area is 179 Å².